The number of carbonyl (C=O) groups excluding carboxylic acids is 2. The molecule has 1 aromatic carbocycles. The van der Waals surface area contributed by atoms with Gasteiger partial charge >= 0.3 is 0 Å². The van der Waals surface area contributed by atoms with Crippen molar-refractivity contribution >= 4 is 29.0 Å². The highest BCUT2D eigenvalue weighted by Crippen LogP contribution is 2.48. The van der Waals surface area contributed by atoms with Gasteiger partial charge in [-0.05, 0) is 41.9 Å². The molecule has 0 radical (unpaired) electrons. The average molecular weight is 294 g/mol. The second kappa shape index (κ2) is 5.21. The number of nitrogens with one attached hydrogen (secondary N) is 1. The SMILES string of the molecule is CC(=O)C(Cl)C(=O)Nc1cccc2c1C(C)CC2(C)C. The lowest BCUT2D eigenvalue weighted by Crippen LogP contribution is -2.29. The molecule has 20 heavy (non-hydrogen) atoms. The molecule has 1 amide bonds. The molecule has 1 aromatic rings. The van der Waals surface area contributed by atoms with Crippen molar-refractivity contribution in [2.45, 2.75) is 50.8 Å². The van der Waals surface area contributed by atoms with Crippen LogP contribution in [-0.4, -0.2) is 17.1 Å². The monoisotopic (exact) mass is 293 g/mol. The predicted molar refractivity (Wildman–Crippen MR) is 81.5 cm³/mol. The van der Waals surface area contributed by atoms with Crippen LogP contribution in [0.15, 0.2) is 18.2 Å². The molecular formula is C16H20ClNO2. The molecule has 1 aliphatic rings. The van der Waals surface area contributed by atoms with Crippen molar-refractivity contribution in [3.8, 4) is 0 Å². The van der Waals surface area contributed by atoms with E-state index in [4.69, 9.17) is 11.6 Å². The fourth-order valence-corrected chi connectivity index (χ4v) is 3.21. The van der Waals surface area contributed by atoms with Crippen LogP contribution in [-0.2, 0) is 15.0 Å². The highest BCUT2D eigenvalue weighted by Gasteiger charge is 2.36. The Morgan fingerprint density at radius 2 is 2.05 bits per heavy atom. The summed E-state index contributed by atoms with van der Waals surface area (Å²) in [5.41, 5.74) is 3.31. The topological polar surface area (TPSA) is 46.2 Å². The summed E-state index contributed by atoms with van der Waals surface area (Å²) in [5.74, 6) is -0.419. The van der Waals surface area contributed by atoms with Gasteiger partial charge < -0.3 is 5.32 Å². The van der Waals surface area contributed by atoms with Gasteiger partial charge in [-0.2, -0.15) is 0 Å². The molecule has 4 heteroatoms. The lowest BCUT2D eigenvalue weighted by atomic mass is 9.86. The zero-order valence-corrected chi connectivity index (χ0v) is 13.0. The largest absolute Gasteiger partial charge is 0.324 e. The summed E-state index contributed by atoms with van der Waals surface area (Å²) in [4.78, 5) is 23.1. The van der Waals surface area contributed by atoms with Gasteiger partial charge in [-0.3, -0.25) is 9.59 Å². The van der Waals surface area contributed by atoms with Crippen LogP contribution >= 0.6 is 11.6 Å². The third-order valence-corrected chi connectivity index (χ3v) is 4.50. The summed E-state index contributed by atoms with van der Waals surface area (Å²) in [6.45, 7) is 7.90. The van der Waals surface area contributed by atoms with Crippen LogP contribution < -0.4 is 5.32 Å². The third-order valence-electron chi connectivity index (χ3n) is 3.99. The van der Waals surface area contributed by atoms with Crippen LogP contribution in [0, 0.1) is 0 Å². The van der Waals surface area contributed by atoms with E-state index >= 15 is 0 Å². The van der Waals surface area contributed by atoms with Gasteiger partial charge in [0.1, 0.15) is 0 Å². The van der Waals surface area contributed by atoms with Crippen molar-refractivity contribution in [2.24, 2.45) is 0 Å². The summed E-state index contributed by atoms with van der Waals surface area (Å²) in [6.07, 6.45) is 1.05. The van der Waals surface area contributed by atoms with Crippen molar-refractivity contribution in [1.29, 1.82) is 0 Å². The first-order valence-electron chi connectivity index (χ1n) is 6.83. The Morgan fingerprint density at radius 3 is 2.65 bits per heavy atom. The quantitative estimate of drug-likeness (QED) is 0.683. The Hall–Kier alpha value is -1.35. The Kier molecular flexibility index (Phi) is 3.92. The van der Waals surface area contributed by atoms with Crippen LogP contribution in [0.2, 0.25) is 0 Å². The number of carbonyl (C=O) groups is 2. The maximum Gasteiger partial charge on any atom is 0.250 e. The third kappa shape index (κ3) is 2.59. The minimum atomic E-state index is -1.13. The Balaban J connectivity index is 2.34. The molecule has 0 heterocycles. The van der Waals surface area contributed by atoms with Crippen molar-refractivity contribution in [1.82, 2.24) is 0 Å². The number of hydrogen-bond acceptors (Lipinski definition) is 2. The molecule has 0 fully saturated rings. The van der Waals surface area contributed by atoms with Crippen LogP contribution in [0.5, 0.6) is 0 Å². The number of Topliss-reactive ketones (excluding diaryl/α,β-unsaturated/α-hetero) is 1. The molecule has 2 rings (SSSR count). The number of halogens is 1. The lowest BCUT2D eigenvalue weighted by molar-refractivity contribution is -0.123. The van der Waals surface area contributed by atoms with Gasteiger partial charge in [0.2, 0.25) is 5.91 Å². The highest BCUT2D eigenvalue weighted by molar-refractivity contribution is 6.43. The number of hydrogen-bond donors (Lipinski definition) is 1. The van der Waals surface area contributed by atoms with E-state index in [0.29, 0.717) is 5.92 Å². The molecule has 1 N–H and O–H groups in total. The summed E-state index contributed by atoms with van der Waals surface area (Å²) in [7, 11) is 0. The van der Waals surface area contributed by atoms with E-state index in [9.17, 15) is 9.59 Å². The van der Waals surface area contributed by atoms with Crippen LogP contribution in [0.4, 0.5) is 5.69 Å². The fraction of sp³-hybridized carbons (Fsp3) is 0.500. The Morgan fingerprint density at radius 1 is 1.40 bits per heavy atom. The second-order valence-corrected chi connectivity index (χ2v) is 6.65. The normalized spacial score (nSPS) is 21.1. The molecule has 3 nitrogen and oxygen atoms in total. The van der Waals surface area contributed by atoms with E-state index in [1.807, 2.05) is 12.1 Å². The zero-order valence-electron chi connectivity index (χ0n) is 12.3. The van der Waals surface area contributed by atoms with E-state index in [-0.39, 0.29) is 11.2 Å². The number of alkyl halides is 1. The number of amides is 1. The van der Waals surface area contributed by atoms with Gasteiger partial charge in [0.25, 0.3) is 0 Å². The molecule has 0 aliphatic heterocycles. The minimum Gasteiger partial charge on any atom is -0.324 e. The van der Waals surface area contributed by atoms with E-state index in [0.717, 1.165) is 12.1 Å². The maximum absolute atomic E-state index is 12.0. The first-order valence-corrected chi connectivity index (χ1v) is 7.26. The molecular weight excluding hydrogens is 274 g/mol. The molecule has 108 valence electrons. The average Bonchev–Trinajstić information content (AvgIpc) is 2.59. The van der Waals surface area contributed by atoms with Crippen LogP contribution in [0.1, 0.15) is 51.2 Å². The number of rotatable bonds is 3. The molecule has 0 spiro atoms. The van der Waals surface area contributed by atoms with Gasteiger partial charge in [-0.25, -0.2) is 0 Å². The van der Waals surface area contributed by atoms with E-state index in [1.165, 1.54) is 18.1 Å². The summed E-state index contributed by atoms with van der Waals surface area (Å²) in [6, 6.07) is 5.92. The van der Waals surface area contributed by atoms with Crippen molar-refractivity contribution in [3.05, 3.63) is 29.3 Å². The Bertz CT molecular complexity index is 566. The van der Waals surface area contributed by atoms with Gasteiger partial charge in [0.15, 0.2) is 11.2 Å². The first kappa shape index (κ1) is 15.0. The van der Waals surface area contributed by atoms with Crippen LogP contribution in [0.3, 0.4) is 0 Å². The molecule has 0 saturated heterocycles. The summed E-state index contributed by atoms with van der Waals surface area (Å²) < 4.78 is 0. The van der Waals surface area contributed by atoms with E-state index in [2.05, 4.69) is 32.2 Å². The van der Waals surface area contributed by atoms with Crippen molar-refractivity contribution in [2.75, 3.05) is 5.32 Å². The number of fused-ring (bicyclic) bond motifs is 1. The standard InChI is InChI=1S/C16H20ClNO2/c1-9-8-16(3,4)11-6-5-7-12(13(9)11)18-15(20)14(17)10(2)19/h5-7,9,14H,8H2,1-4H3,(H,18,20). The molecule has 0 aromatic heterocycles. The molecule has 1 aliphatic carbocycles. The number of ketones is 1. The van der Waals surface area contributed by atoms with E-state index < -0.39 is 11.3 Å². The lowest BCUT2D eigenvalue weighted by Gasteiger charge is -2.19. The molecule has 0 bridgehead atoms. The van der Waals surface area contributed by atoms with Crippen molar-refractivity contribution < 1.29 is 9.59 Å². The van der Waals surface area contributed by atoms with Gasteiger partial charge in [-0.15, -0.1) is 11.6 Å². The summed E-state index contributed by atoms with van der Waals surface area (Å²) in [5, 5.41) is 1.67. The molecule has 0 saturated carbocycles. The predicted octanol–water partition coefficient (Wildman–Crippen LogP) is 3.61. The zero-order chi connectivity index (χ0) is 15.1. The minimum absolute atomic E-state index is 0.108. The molecule has 2 atom stereocenters. The Labute approximate surface area is 124 Å². The van der Waals surface area contributed by atoms with Gasteiger partial charge in [0, 0.05) is 5.69 Å². The number of anilines is 1. The number of benzene rings is 1. The molecule has 2 unspecified atom stereocenters. The van der Waals surface area contributed by atoms with Crippen LogP contribution in [0.25, 0.3) is 0 Å². The highest BCUT2D eigenvalue weighted by atomic mass is 35.5. The van der Waals surface area contributed by atoms with Gasteiger partial charge in [-0.1, -0.05) is 32.9 Å². The second-order valence-electron chi connectivity index (χ2n) is 6.22. The first-order chi connectivity index (χ1) is 9.24. The van der Waals surface area contributed by atoms with E-state index in [1.54, 1.807) is 0 Å². The smallest absolute Gasteiger partial charge is 0.250 e. The van der Waals surface area contributed by atoms with Crippen molar-refractivity contribution in [3.63, 3.8) is 0 Å². The fourth-order valence-electron chi connectivity index (χ4n) is 3.15. The maximum atomic E-state index is 12.0. The summed E-state index contributed by atoms with van der Waals surface area (Å²) >= 11 is 5.80. The van der Waals surface area contributed by atoms with Gasteiger partial charge in [0.05, 0.1) is 0 Å².